The SMILES string of the molecule is O=C(c1ccc(F)cc1)[C@@H]1[C@@H](c2ccccc2F)C2(C(=O)c3ccccc3C2=O)[C@@H]2C=Cc3cc(Cl)ccc3N12. The molecule has 0 N–H and O–H groups in total. The van der Waals surface area contributed by atoms with Gasteiger partial charge in [0.15, 0.2) is 17.3 Å². The van der Waals surface area contributed by atoms with Crippen molar-refractivity contribution < 1.29 is 23.2 Å². The first-order valence-electron chi connectivity index (χ1n) is 12.8. The van der Waals surface area contributed by atoms with Gasteiger partial charge in [0.1, 0.15) is 23.1 Å². The number of benzene rings is 4. The maximum absolute atomic E-state index is 15.7. The van der Waals surface area contributed by atoms with Gasteiger partial charge in [-0.15, -0.1) is 0 Å². The number of nitrogens with zero attached hydrogens (tertiary/aromatic N) is 1. The van der Waals surface area contributed by atoms with Crippen molar-refractivity contribution in [3.63, 3.8) is 0 Å². The fraction of sp³-hybridized carbons (Fsp3) is 0.121. The Labute approximate surface area is 233 Å². The van der Waals surface area contributed by atoms with Crippen LogP contribution in [0.4, 0.5) is 14.5 Å². The number of hydrogen-bond donors (Lipinski definition) is 0. The minimum absolute atomic E-state index is 0.0933. The fourth-order valence-corrected chi connectivity index (χ4v) is 6.98. The topological polar surface area (TPSA) is 54.5 Å². The summed E-state index contributed by atoms with van der Waals surface area (Å²) in [4.78, 5) is 45.2. The van der Waals surface area contributed by atoms with E-state index >= 15 is 4.39 Å². The van der Waals surface area contributed by atoms with E-state index in [1.807, 2.05) is 0 Å². The molecule has 1 fully saturated rings. The Morgan fingerprint density at radius 2 is 1.48 bits per heavy atom. The molecule has 4 nitrogen and oxygen atoms in total. The number of hydrogen-bond acceptors (Lipinski definition) is 4. The monoisotopic (exact) mass is 551 g/mol. The predicted octanol–water partition coefficient (Wildman–Crippen LogP) is 6.93. The Kier molecular flexibility index (Phi) is 5.41. The summed E-state index contributed by atoms with van der Waals surface area (Å²) in [5.41, 5.74) is 0.241. The van der Waals surface area contributed by atoms with Crippen molar-refractivity contribution in [1.82, 2.24) is 0 Å². The standard InChI is InChI=1S/C33H20ClF2NO3/c34-20-12-15-26-19(17-20)11-16-27-33(31(39)22-5-1-2-6-23(22)32(33)40)28(24-7-3-4-8-25(24)36)29(37(26)27)30(38)18-9-13-21(35)14-10-18/h1-17,27-29H/t27-,28+,29-/m0/s1. The lowest BCUT2D eigenvalue weighted by molar-refractivity contribution is 0.0664. The minimum Gasteiger partial charge on any atom is -0.352 e. The molecular weight excluding hydrogens is 532 g/mol. The molecule has 3 aliphatic rings. The van der Waals surface area contributed by atoms with Gasteiger partial charge in [-0.1, -0.05) is 66.2 Å². The molecule has 0 radical (unpaired) electrons. The lowest BCUT2D eigenvalue weighted by Crippen LogP contribution is -2.48. The van der Waals surface area contributed by atoms with Gasteiger partial charge in [-0.05, 0) is 59.7 Å². The average Bonchev–Trinajstić information content (AvgIpc) is 3.39. The second kappa shape index (κ2) is 8.80. The summed E-state index contributed by atoms with van der Waals surface area (Å²) in [5, 5.41) is 0.475. The second-order valence-corrected chi connectivity index (χ2v) is 10.7. The van der Waals surface area contributed by atoms with E-state index < -0.39 is 52.4 Å². The Morgan fingerprint density at radius 1 is 0.825 bits per heavy atom. The smallest absolute Gasteiger partial charge is 0.185 e. The molecule has 2 aliphatic heterocycles. The highest BCUT2D eigenvalue weighted by atomic mass is 35.5. The van der Waals surface area contributed by atoms with Crippen molar-refractivity contribution in [3.05, 3.63) is 142 Å². The van der Waals surface area contributed by atoms with Crippen LogP contribution in [0.3, 0.4) is 0 Å². The van der Waals surface area contributed by atoms with E-state index in [-0.39, 0.29) is 22.3 Å². The first-order valence-corrected chi connectivity index (χ1v) is 13.2. The summed E-state index contributed by atoms with van der Waals surface area (Å²) in [6, 6.07) is 20.7. The minimum atomic E-state index is -1.82. The third kappa shape index (κ3) is 3.20. The van der Waals surface area contributed by atoms with Crippen LogP contribution in [0.5, 0.6) is 0 Å². The van der Waals surface area contributed by atoms with E-state index in [9.17, 15) is 18.8 Å². The number of halogens is 3. The molecule has 0 bridgehead atoms. The normalized spacial score (nSPS) is 21.9. The van der Waals surface area contributed by atoms with Crippen LogP contribution in [-0.2, 0) is 0 Å². The van der Waals surface area contributed by atoms with E-state index in [2.05, 4.69) is 0 Å². The molecule has 4 aromatic carbocycles. The molecule has 1 saturated heterocycles. The van der Waals surface area contributed by atoms with Crippen molar-refractivity contribution in [3.8, 4) is 0 Å². The molecule has 0 aromatic heterocycles. The van der Waals surface area contributed by atoms with Gasteiger partial charge >= 0.3 is 0 Å². The fourth-order valence-electron chi connectivity index (χ4n) is 6.80. The molecule has 2 heterocycles. The maximum atomic E-state index is 15.7. The summed E-state index contributed by atoms with van der Waals surface area (Å²) in [6.07, 6.45) is 3.53. The quantitative estimate of drug-likeness (QED) is 0.204. The zero-order valence-corrected chi connectivity index (χ0v) is 21.6. The summed E-state index contributed by atoms with van der Waals surface area (Å²) in [6.45, 7) is 0. The molecular formula is C33H20ClF2NO3. The van der Waals surface area contributed by atoms with E-state index in [0.717, 1.165) is 0 Å². The lowest BCUT2D eigenvalue weighted by atomic mass is 9.64. The van der Waals surface area contributed by atoms with Crippen LogP contribution in [-0.4, -0.2) is 29.4 Å². The Morgan fingerprint density at radius 3 is 2.15 bits per heavy atom. The van der Waals surface area contributed by atoms with Crippen molar-refractivity contribution >= 4 is 40.7 Å². The number of Topliss-reactive ketones (excluding diaryl/α,β-unsaturated/α-hetero) is 3. The van der Waals surface area contributed by atoms with Gasteiger partial charge in [0, 0.05) is 33.3 Å². The number of ketones is 3. The molecule has 7 rings (SSSR count). The first kappa shape index (κ1) is 24.6. The van der Waals surface area contributed by atoms with Crippen molar-refractivity contribution in [2.75, 3.05) is 4.90 Å². The number of anilines is 1. The zero-order valence-electron chi connectivity index (χ0n) is 20.9. The number of carbonyl (C=O) groups excluding carboxylic acids is 3. The van der Waals surface area contributed by atoms with Crippen molar-refractivity contribution in [2.45, 2.75) is 18.0 Å². The third-order valence-corrected chi connectivity index (χ3v) is 8.64. The largest absolute Gasteiger partial charge is 0.352 e. The van der Waals surface area contributed by atoms with Gasteiger partial charge in [0.25, 0.3) is 0 Å². The van der Waals surface area contributed by atoms with Gasteiger partial charge in [-0.25, -0.2) is 8.78 Å². The van der Waals surface area contributed by atoms with Crippen LogP contribution >= 0.6 is 11.6 Å². The third-order valence-electron chi connectivity index (χ3n) is 8.40. The van der Waals surface area contributed by atoms with Crippen molar-refractivity contribution in [2.24, 2.45) is 5.41 Å². The first-order chi connectivity index (χ1) is 19.3. The highest BCUT2D eigenvalue weighted by molar-refractivity contribution is 6.32. The molecule has 0 amide bonds. The van der Waals surface area contributed by atoms with E-state index in [4.69, 9.17) is 11.6 Å². The molecule has 1 spiro atoms. The van der Waals surface area contributed by atoms with Crippen LogP contribution < -0.4 is 4.90 Å². The van der Waals surface area contributed by atoms with Gasteiger partial charge in [-0.2, -0.15) is 0 Å². The molecule has 3 atom stereocenters. The van der Waals surface area contributed by atoms with Crippen LogP contribution in [0.15, 0.2) is 97.1 Å². The highest BCUT2D eigenvalue weighted by Crippen LogP contribution is 2.61. The van der Waals surface area contributed by atoms with E-state index in [1.54, 1.807) is 65.6 Å². The summed E-state index contributed by atoms with van der Waals surface area (Å²) in [7, 11) is 0. The number of rotatable bonds is 3. The van der Waals surface area contributed by atoms with Gasteiger partial charge in [0.05, 0.1) is 6.04 Å². The average molecular weight is 552 g/mol. The molecule has 0 saturated carbocycles. The van der Waals surface area contributed by atoms with Crippen LogP contribution in [0.1, 0.15) is 48.1 Å². The highest BCUT2D eigenvalue weighted by Gasteiger charge is 2.71. The molecule has 196 valence electrons. The summed E-state index contributed by atoms with van der Waals surface area (Å²) < 4.78 is 29.6. The molecule has 7 heteroatoms. The maximum Gasteiger partial charge on any atom is 0.185 e. The van der Waals surface area contributed by atoms with Crippen LogP contribution in [0.2, 0.25) is 5.02 Å². The summed E-state index contributed by atoms with van der Waals surface area (Å²) >= 11 is 6.29. The molecule has 40 heavy (non-hydrogen) atoms. The van der Waals surface area contributed by atoms with E-state index in [1.165, 1.54) is 42.5 Å². The van der Waals surface area contributed by atoms with Gasteiger partial charge in [0.2, 0.25) is 0 Å². The molecule has 0 unspecified atom stereocenters. The number of carbonyl (C=O) groups is 3. The molecule has 1 aliphatic carbocycles. The Hall–Kier alpha value is -4.42. The van der Waals surface area contributed by atoms with Crippen molar-refractivity contribution in [1.29, 1.82) is 0 Å². The lowest BCUT2D eigenvalue weighted by Gasteiger charge is -2.37. The van der Waals surface area contributed by atoms with Gasteiger partial charge < -0.3 is 4.90 Å². The Balaban J connectivity index is 1.56. The van der Waals surface area contributed by atoms with Crippen LogP contribution in [0.25, 0.3) is 6.08 Å². The van der Waals surface area contributed by atoms with Crippen LogP contribution in [0, 0.1) is 17.0 Å². The second-order valence-electron chi connectivity index (χ2n) is 10.3. The predicted molar refractivity (Wildman–Crippen MR) is 148 cm³/mol. The summed E-state index contributed by atoms with van der Waals surface area (Å²) in [5.74, 6) is -3.68. The molecule has 4 aromatic rings. The number of fused-ring (bicyclic) bond motifs is 5. The Bertz CT molecular complexity index is 1750. The zero-order chi connectivity index (χ0) is 27.8. The van der Waals surface area contributed by atoms with E-state index in [0.29, 0.717) is 16.3 Å². The van der Waals surface area contributed by atoms with Gasteiger partial charge in [-0.3, -0.25) is 14.4 Å².